The minimum Gasteiger partial charge on any atom is -0.481 e. The molecule has 0 aliphatic carbocycles. The van der Waals surface area contributed by atoms with Crippen molar-refractivity contribution in [3.05, 3.63) is 59.8 Å². The number of nitrogens with zero attached hydrogens (tertiary/aromatic N) is 1. The molecule has 4 heteroatoms. The van der Waals surface area contributed by atoms with Crippen molar-refractivity contribution in [2.24, 2.45) is 0 Å². The van der Waals surface area contributed by atoms with E-state index in [2.05, 4.69) is 24.8 Å². The summed E-state index contributed by atoms with van der Waals surface area (Å²) in [7, 11) is 0. The Labute approximate surface area is 166 Å². The minimum atomic E-state index is -1.06. The molecule has 0 aliphatic heterocycles. The SMILES string of the molecule is C#CCOc1ccc2cc(C(=O)O)nc(-c3ccc(C(C)C)cc3)c2c1.CC. The van der Waals surface area contributed by atoms with Crippen molar-refractivity contribution in [2.45, 2.75) is 33.6 Å². The maximum absolute atomic E-state index is 11.5. The standard InChI is InChI=1S/C22H19NO3.C2H6/c1-4-11-26-18-10-9-17-12-20(22(24)25)23-21(19(17)13-18)16-7-5-15(6-8-16)14(2)3;1-2/h1,5-10,12-14H,11H2,2-3H3,(H,24,25);1-2H3. The molecule has 0 spiro atoms. The van der Waals surface area contributed by atoms with E-state index in [1.54, 1.807) is 12.1 Å². The second-order valence-electron chi connectivity index (χ2n) is 6.31. The lowest BCUT2D eigenvalue weighted by molar-refractivity contribution is 0.0691. The van der Waals surface area contributed by atoms with Crippen LogP contribution in [0.5, 0.6) is 5.75 Å². The van der Waals surface area contributed by atoms with E-state index in [0.717, 1.165) is 16.3 Å². The third-order valence-electron chi connectivity index (χ3n) is 4.20. The highest BCUT2D eigenvalue weighted by Gasteiger charge is 2.14. The van der Waals surface area contributed by atoms with Crippen molar-refractivity contribution in [1.82, 2.24) is 4.98 Å². The molecule has 1 heterocycles. The van der Waals surface area contributed by atoms with Crippen LogP contribution < -0.4 is 4.74 Å². The molecule has 2 aromatic carbocycles. The minimum absolute atomic E-state index is 0.0118. The number of rotatable bonds is 5. The van der Waals surface area contributed by atoms with Gasteiger partial charge in [0.15, 0.2) is 0 Å². The smallest absolute Gasteiger partial charge is 0.354 e. The number of carboxylic acid groups (broad SMARTS) is 1. The summed E-state index contributed by atoms with van der Waals surface area (Å²) in [6.45, 7) is 8.43. The van der Waals surface area contributed by atoms with Gasteiger partial charge in [-0.1, -0.05) is 63.9 Å². The Bertz CT molecular complexity index is 999. The molecule has 0 unspecified atom stereocenters. The zero-order chi connectivity index (χ0) is 20.7. The Hall–Kier alpha value is -3.32. The van der Waals surface area contributed by atoms with E-state index in [1.165, 1.54) is 5.56 Å². The first kappa shape index (κ1) is 21.0. The first-order chi connectivity index (χ1) is 13.5. The molecule has 4 nitrogen and oxygen atoms in total. The maximum Gasteiger partial charge on any atom is 0.354 e. The number of terminal acetylenes is 1. The van der Waals surface area contributed by atoms with Crippen LogP contribution in [0.4, 0.5) is 0 Å². The summed E-state index contributed by atoms with van der Waals surface area (Å²) >= 11 is 0. The summed E-state index contributed by atoms with van der Waals surface area (Å²) < 4.78 is 5.50. The molecular weight excluding hydrogens is 350 g/mol. The Balaban J connectivity index is 0.00000136. The molecule has 1 N–H and O–H groups in total. The lowest BCUT2D eigenvalue weighted by Crippen LogP contribution is -2.02. The molecule has 144 valence electrons. The van der Waals surface area contributed by atoms with Crippen molar-refractivity contribution in [3.8, 4) is 29.4 Å². The van der Waals surface area contributed by atoms with Gasteiger partial charge in [0.25, 0.3) is 0 Å². The number of ether oxygens (including phenoxy) is 1. The second-order valence-corrected chi connectivity index (χ2v) is 6.31. The predicted octanol–water partition coefficient (Wildman–Crippen LogP) is 5.76. The Morgan fingerprint density at radius 1 is 1.14 bits per heavy atom. The molecule has 3 rings (SSSR count). The van der Waals surface area contributed by atoms with Gasteiger partial charge in [0.2, 0.25) is 0 Å². The number of pyridine rings is 1. The fourth-order valence-electron chi connectivity index (χ4n) is 2.80. The first-order valence-electron chi connectivity index (χ1n) is 9.34. The van der Waals surface area contributed by atoms with Gasteiger partial charge in [-0.3, -0.25) is 0 Å². The van der Waals surface area contributed by atoms with Gasteiger partial charge in [0, 0.05) is 10.9 Å². The molecule has 0 atom stereocenters. The van der Waals surface area contributed by atoms with Crippen LogP contribution in [0.15, 0.2) is 48.5 Å². The highest BCUT2D eigenvalue weighted by atomic mass is 16.5. The normalized spacial score (nSPS) is 10.1. The Morgan fingerprint density at radius 2 is 1.82 bits per heavy atom. The van der Waals surface area contributed by atoms with Crippen LogP contribution in [0.2, 0.25) is 0 Å². The van der Waals surface area contributed by atoms with Crippen LogP contribution in [0.3, 0.4) is 0 Å². The molecule has 0 amide bonds. The third kappa shape index (κ3) is 4.69. The highest BCUT2D eigenvalue weighted by Crippen LogP contribution is 2.31. The highest BCUT2D eigenvalue weighted by molar-refractivity contribution is 6.00. The number of fused-ring (bicyclic) bond motifs is 1. The van der Waals surface area contributed by atoms with E-state index in [1.807, 2.05) is 50.2 Å². The molecule has 3 aromatic rings. The summed E-state index contributed by atoms with van der Waals surface area (Å²) in [5, 5.41) is 11.0. The van der Waals surface area contributed by atoms with Gasteiger partial charge in [-0.25, -0.2) is 9.78 Å². The summed E-state index contributed by atoms with van der Waals surface area (Å²) in [6.07, 6.45) is 5.25. The van der Waals surface area contributed by atoms with E-state index in [9.17, 15) is 9.90 Å². The van der Waals surface area contributed by atoms with E-state index < -0.39 is 5.97 Å². The summed E-state index contributed by atoms with van der Waals surface area (Å²) in [5.74, 6) is 2.42. The fourth-order valence-corrected chi connectivity index (χ4v) is 2.80. The molecule has 0 aliphatic rings. The van der Waals surface area contributed by atoms with Crippen molar-refractivity contribution < 1.29 is 14.6 Å². The van der Waals surface area contributed by atoms with Crippen molar-refractivity contribution >= 4 is 16.7 Å². The molecule has 1 aromatic heterocycles. The quantitative estimate of drug-likeness (QED) is 0.576. The average molecular weight is 375 g/mol. The second kappa shape index (κ2) is 9.57. The van der Waals surface area contributed by atoms with Gasteiger partial charge in [0.05, 0.1) is 5.69 Å². The average Bonchev–Trinajstić information content (AvgIpc) is 2.72. The van der Waals surface area contributed by atoms with Crippen molar-refractivity contribution in [1.29, 1.82) is 0 Å². The molecule has 0 bridgehead atoms. The zero-order valence-electron chi connectivity index (χ0n) is 16.7. The Kier molecular flexibility index (Phi) is 7.17. The molecule has 28 heavy (non-hydrogen) atoms. The zero-order valence-corrected chi connectivity index (χ0v) is 16.7. The monoisotopic (exact) mass is 375 g/mol. The number of aromatic carboxylic acids is 1. The Morgan fingerprint density at radius 3 is 2.39 bits per heavy atom. The van der Waals surface area contributed by atoms with Gasteiger partial charge in [-0.15, -0.1) is 6.42 Å². The molecular formula is C24H25NO3. The van der Waals surface area contributed by atoms with Gasteiger partial charge < -0.3 is 9.84 Å². The van der Waals surface area contributed by atoms with Gasteiger partial charge in [0.1, 0.15) is 18.1 Å². The summed E-state index contributed by atoms with van der Waals surface area (Å²) in [6, 6.07) is 15.0. The van der Waals surface area contributed by atoms with Crippen LogP contribution in [-0.4, -0.2) is 22.7 Å². The molecule has 0 saturated heterocycles. The van der Waals surface area contributed by atoms with Crippen LogP contribution in [0, 0.1) is 12.3 Å². The van der Waals surface area contributed by atoms with Gasteiger partial charge in [-0.05, 0) is 35.1 Å². The first-order valence-corrected chi connectivity index (χ1v) is 9.34. The number of carbonyl (C=O) groups is 1. The van der Waals surface area contributed by atoms with E-state index in [4.69, 9.17) is 11.2 Å². The van der Waals surface area contributed by atoms with Gasteiger partial charge in [-0.2, -0.15) is 0 Å². The van der Waals surface area contributed by atoms with Crippen LogP contribution in [0.25, 0.3) is 22.0 Å². The topological polar surface area (TPSA) is 59.4 Å². The van der Waals surface area contributed by atoms with Crippen LogP contribution in [-0.2, 0) is 0 Å². The summed E-state index contributed by atoms with van der Waals surface area (Å²) in [4.78, 5) is 15.8. The number of aromatic nitrogens is 1. The lowest BCUT2D eigenvalue weighted by atomic mass is 9.98. The maximum atomic E-state index is 11.5. The largest absolute Gasteiger partial charge is 0.481 e. The van der Waals surface area contributed by atoms with Crippen LogP contribution in [0.1, 0.15) is 49.7 Å². The van der Waals surface area contributed by atoms with Crippen LogP contribution >= 0.6 is 0 Å². The van der Waals surface area contributed by atoms with E-state index >= 15 is 0 Å². The number of hydrogen-bond donors (Lipinski definition) is 1. The molecule has 0 fully saturated rings. The third-order valence-corrected chi connectivity index (χ3v) is 4.20. The number of benzene rings is 2. The number of carboxylic acids is 1. The lowest BCUT2D eigenvalue weighted by Gasteiger charge is -2.11. The van der Waals surface area contributed by atoms with E-state index in [0.29, 0.717) is 17.4 Å². The van der Waals surface area contributed by atoms with E-state index in [-0.39, 0.29) is 12.3 Å². The number of hydrogen-bond acceptors (Lipinski definition) is 3. The van der Waals surface area contributed by atoms with Crippen molar-refractivity contribution in [2.75, 3.05) is 6.61 Å². The fraction of sp³-hybridized carbons (Fsp3) is 0.250. The van der Waals surface area contributed by atoms with Crippen molar-refractivity contribution in [3.63, 3.8) is 0 Å². The van der Waals surface area contributed by atoms with Gasteiger partial charge >= 0.3 is 5.97 Å². The molecule has 0 radical (unpaired) electrons. The predicted molar refractivity (Wildman–Crippen MR) is 114 cm³/mol. The molecule has 0 saturated carbocycles. The summed E-state index contributed by atoms with van der Waals surface area (Å²) in [5.41, 5.74) is 2.70.